The zero-order chi connectivity index (χ0) is 16.6. The summed E-state index contributed by atoms with van der Waals surface area (Å²) in [7, 11) is 3.37. The van der Waals surface area contributed by atoms with Crippen LogP contribution in [0.3, 0.4) is 0 Å². The fourth-order valence-electron chi connectivity index (χ4n) is 2.83. The van der Waals surface area contributed by atoms with Gasteiger partial charge < -0.3 is 9.30 Å². The van der Waals surface area contributed by atoms with Crippen molar-refractivity contribution in [2.24, 2.45) is 7.05 Å². The number of halogens is 1. The number of benzene rings is 1. The van der Waals surface area contributed by atoms with Crippen LogP contribution in [0.5, 0.6) is 5.75 Å². The predicted molar refractivity (Wildman–Crippen MR) is 93.4 cm³/mol. The summed E-state index contributed by atoms with van der Waals surface area (Å²) >= 11 is 6.42. The number of nitrogens with zero attached hydrogens (tertiary/aromatic N) is 2. The second kappa shape index (κ2) is 6.05. The standard InChI is InChI=1S/C18H17ClN2O2/c1-4-12-16(19)7-11(8-17(12)23-3)15-10-21(2)18(22)14-9-20-6-5-13(14)15/h5-10H,4H2,1-3H3. The summed E-state index contributed by atoms with van der Waals surface area (Å²) in [6.45, 7) is 2.04. The molecular weight excluding hydrogens is 312 g/mol. The molecule has 3 rings (SSSR count). The van der Waals surface area contributed by atoms with Gasteiger partial charge in [0.2, 0.25) is 0 Å². The highest BCUT2D eigenvalue weighted by Crippen LogP contribution is 2.35. The number of pyridine rings is 2. The van der Waals surface area contributed by atoms with Crippen LogP contribution in [-0.2, 0) is 13.5 Å². The van der Waals surface area contributed by atoms with Crippen LogP contribution in [-0.4, -0.2) is 16.7 Å². The molecule has 0 radical (unpaired) electrons. The molecule has 0 aliphatic carbocycles. The van der Waals surface area contributed by atoms with Crippen molar-refractivity contribution < 1.29 is 4.74 Å². The van der Waals surface area contributed by atoms with E-state index in [1.807, 2.05) is 31.3 Å². The molecule has 0 fully saturated rings. The molecule has 0 amide bonds. The molecule has 0 spiro atoms. The molecular formula is C18H17ClN2O2. The Morgan fingerprint density at radius 3 is 2.78 bits per heavy atom. The second-order valence-corrected chi connectivity index (χ2v) is 5.78. The molecule has 0 unspecified atom stereocenters. The smallest absolute Gasteiger partial charge is 0.259 e. The molecule has 0 bridgehead atoms. The fourth-order valence-corrected chi connectivity index (χ4v) is 3.18. The van der Waals surface area contributed by atoms with E-state index in [-0.39, 0.29) is 5.56 Å². The lowest BCUT2D eigenvalue weighted by Crippen LogP contribution is -2.16. The van der Waals surface area contributed by atoms with Crippen LogP contribution >= 0.6 is 11.6 Å². The Labute approximate surface area is 139 Å². The monoisotopic (exact) mass is 328 g/mol. The maximum Gasteiger partial charge on any atom is 0.259 e. The molecule has 0 saturated heterocycles. The zero-order valence-corrected chi connectivity index (χ0v) is 14.0. The normalized spacial score (nSPS) is 11.0. The third kappa shape index (κ3) is 2.59. The Morgan fingerprint density at radius 2 is 2.09 bits per heavy atom. The van der Waals surface area contributed by atoms with Crippen molar-refractivity contribution in [3.05, 3.63) is 57.7 Å². The van der Waals surface area contributed by atoms with E-state index >= 15 is 0 Å². The van der Waals surface area contributed by atoms with Crippen molar-refractivity contribution in [3.8, 4) is 16.9 Å². The maximum absolute atomic E-state index is 12.3. The number of methoxy groups -OCH3 is 1. The molecule has 0 aliphatic heterocycles. The summed E-state index contributed by atoms with van der Waals surface area (Å²) in [5, 5.41) is 2.10. The van der Waals surface area contributed by atoms with Gasteiger partial charge in [-0.15, -0.1) is 0 Å². The van der Waals surface area contributed by atoms with Gasteiger partial charge in [-0.05, 0) is 35.6 Å². The van der Waals surface area contributed by atoms with E-state index in [4.69, 9.17) is 16.3 Å². The Balaban J connectivity index is 2.36. The minimum Gasteiger partial charge on any atom is -0.496 e. The third-order valence-corrected chi connectivity index (χ3v) is 4.36. The molecule has 0 N–H and O–H groups in total. The molecule has 4 nitrogen and oxygen atoms in total. The van der Waals surface area contributed by atoms with E-state index in [9.17, 15) is 4.79 Å². The van der Waals surface area contributed by atoms with Crippen molar-refractivity contribution in [2.45, 2.75) is 13.3 Å². The van der Waals surface area contributed by atoms with Crippen molar-refractivity contribution >= 4 is 22.4 Å². The highest BCUT2D eigenvalue weighted by Gasteiger charge is 2.14. The predicted octanol–water partition coefficient (Wildman–Crippen LogP) is 3.82. The molecule has 3 aromatic rings. The van der Waals surface area contributed by atoms with Crippen LogP contribution in [0.4, 0.5) is 0 Å². The quantitative estimate of drug-likeness (QED) is 0.734. The highest BCUT2D eigenvalue weighted by atomic mass is 35.5. The van der Waals surface area contributed by atoms with Crippen LogP contribution in [0, 0.1) is 0 Å². The topological polar surface area (TPSA) is 44.1 Å². The summed E-state index contributed by atoms with van der Waals surface area (Å²) < 4.78 is 7.04. The SMILES string of the molecule is CCc1c(Cl)cc(-c2cn(C)c(=O)c3cnccc23)cc1OC. The maximum atomic E-state index is 12.3. The largest absolute Gasteiger partial charge is 0.496 e. The van der Waals surface area contributed by atoms with Crippen LogP contribution in [0.1, 0.15) is 12.5 Å². The van der Waals surface area contributed by atoms with E-state index in [1.54, 1.807) is 31.1 Å². The number of aryl methyl sites for hydroxylation is 1. The minimum absolute atomic E-state index is 0.0694. The van der Waals surface area contributed by atoms with Gasteiger partial charge in [-0.3, -0.25) is 9.78 Å². The fraction of sp³-hybridized carbons (Fsp3) is 0.222. The molecule has 0 atom stereocenters. The molecule has 2 heterocycles. The van der Waals surface area contributed by atoms with Crippen LogP contribution < -0.4 is 10.3 Å². The molecule has 0 saturated carbocycles. The second-order valence-electron chi connectivity index (χ2n) is 5.37. The van der Waals surface area contributed by atoms with Crippen molar-refractivity contribution in [1.82, 2.24) is 9.55 Å². The first kappa shape index (κ1) is 15.6. The first-order valence-electron chi connectivity index (χ1n) is 7.37. The summed E-state index contributed by atoms with van der Waals surface area (Å²) in [6, 6.07) is 5.73. The van der Waals surface area contributed by atoms with Crippen LogP contribution in [0.25, 0.3) is 21.9 Å². The van der Waals surface area contributed by atoms with Crippen molar-refractivity contribution in [2.75, 3.05) is 7.11 Å². The molecule has 5 heteroatoms. The first-order valence-corrected chi connectivity index (χ1v) is 7.74. The van der Waals surface area contributed by atoms with Crippen molar-refractivity contribution in [1.29, 1.82) is 0 Å². The number of hydrogen-bond acceptors (Lipinski definition) is 3. The summed E-state index contributed by atoms with van der Waals surface area (Å²) in [5.41, 5.74) is 2.75. The van der Waals surface area contributed by atoms with Crippen molar-refractivity contribution in [3.63, 3.8) is 0 Å². The van der Waals surface area contributed by atoms with E-state index in [0.717, 1.165) is 34.2 Å². The molecule has 2 aromatic heterocycles. The van der Waals surface area contributed by atoms with Gasteiger partial charge in [0.15, 0.2) is 0 Å². The number of aromatic nitrogens is 2. The van der Waals surface area contributed by atoms with Gasteiger partial charge in [0.05, 0.1) is 12.5 Å². The molecule has 1 aromatic carbocycles. The lowest BCUT2D eigenvalue weighted by molar-refractivity contribution is 0.410. The summed E-state index contributed by atoms with van der Waals surface area (Å²) in [5.74, 6) is 0.756. The van der Waals surface area contributed by atoms with Crippen LogP contribution in [0.15, 0.2) is 41.6 Å². The lowest BCUT2D eigenvalue weighted by Gasteiger charge is -2.14. The first-order chi connectivity index (χ1) is 11.1. The van der Waals surface area contributed by atoms with Gasteiger partial charge in [0, 0.05) is 41.8 Å². The minimum atomic E-state index is -0.0694. The van der Waals surface area contributed by atoms with Crippen LogP contribution in [0.2, 0.25) is 5.02 Å². The number of rotatable bonds is 3. The van der Waals surface area contributed by atoms with Gasteiger partial charge in [-0.2, -0.15) is 0 Å². The lowest BCUT2D eigenvalue weighted by atomic mass is 9.99. The van der Waals surface area contributed by atoms with Gasteiger partial charge in [-0.1, -0.05) is 18.5 Å². The number of ether oxygens (including phenoxy) is 1. The average molecular weight is 329 g/mol. The van der Waals surface area contributed by atoms with Gasteiger partial charge >= 0.3 is 0 Å². The summed E-state index contributed by atoms with van der Waals surface area (Å²) in [4.78, 5) is 16.3. The van der Waals surface area contributed by atoms with E-state index < -0.39 is 0 Å². The van der Waals surface area contributed by atoms with Gasteiger partial charge in [0.1, 0.15) is 5.75 Å². The van der Waals surface area contributed by atoms with Gasteiger partial charge in [0.25, 0.3) is 5.56 Å². The zero-order valence-electron chi connectivity index (χ0n) is 13.3. The van der Waals surface area contributed by atoms with E-state index in [0.29, 0.717) is 10.4 Å². The highest BCUT2D eigenvalue weighted by molar-refractivity contribution is 6.32. The Morgan fingerprint density at radius 1 is 1.30 bits per heavy atom. The number of fused-ring (bicyclic) bond motifs is 1. The van der Waals surface area contributed by atoms with Gasteiger partial charge in [-0.25, -0.2) is 0 Å². The third-order valence-electron chi connectivity index (χ3n) is 4.02. The number of hydrogen-bond donors (Lipinski definition) is 0. The summed E-state index contributed by atoms with van der Waals surface area (Å²) in [6.07, 6.45) is 5.90. The Kier molecular flexibility index (Phi) is 4.09. The van der Waals surface area contributed by atoms with E-state index in [1.165, 1.54) is 0 Å². The Hall–Kier alpha value is -2.33. The molecule has 0 aliphatic rings. The Bertz CT molecular complexity index is 948. The molecule has 23 heavy (non-hydrogen) atoms. The van der Waals surface area contributed by atoms with E-state index in [2.05, 4.69) is 4.98 Å². The molecule has 118 valence electrons. The average Bonchev–Trinajstić information content (AvgIpc) is 2.57.